The van der Waals surface area contributed by atoms with Gasteiger partial charge in [-0.25, -0.2) is 0 Å². The average Bonchev–Trinajstić information content (AvgIpc) is 2.37. The van der Waals surface area contributed by atoms with Gasteiger partial charge in [-0.15, -0.1) is 0 Å². The number of carbonyl (C=O) groups excluding carboxylic acids is 1. The Morgan fingerprint density at radius 1 is 1.24 bits per heavy atom. The Kier molecular flexibility index (Phi) is 2.42. The van der Waals surface area contributed by atoms with Crippen molar-refractivity contribution in [3.8, 4) is 0 Å². The fraction of sp³-hybridized carbons (Fsp3) is 0.583. The van der Waals surface area contributed by atoms with E-state index in [1.165, 1.54) is 6.92 Å². The van der Waals surface area contributed by atoms with Crippen LogP contribution < -0.4 is 0 Å². The molecule has 1 aromatic heterocycles. The fourth-order valence-electron chi connectivity index (χ4n) is 2.38. The van der Waals surface area contributed by atoms with Gasteiger partial charge in [-0.05, 0) is 12.3 Å². The molecule has 0 amide bonds. The summed E-state index contributed by atoms with van der Waals surface area (Å²) in [6.45, 7) is 4.94. The van der Waals surface area contributed by atoms with E-state index in [0.717, 1.165) is 0 Å². The molecule has 0 aliphatic heterocycles. The van der Waals surface area contributed by atoms with Gasteiger partial charge in [-0.1, -0.05) is 13.8 Å². The molecule has 1 aromatic rings. The van der Waals surface area contributed by atoms with Crippen LogP contribution >= 0.6 is 0 Å². The van der Waals surface area contributed by atoms with Gasteiger partial charge in [0.05, 0.1) is 5.56 Å². The van der Waals surface area contributed by atoms with E-state index in [4.69, 9.17) is 4.42 Å². The van der Waals surface area contributed by atoms with Crippen LogP contribution in [0.4, 0.5) is 13.2 Å². The molecule has 0 fully saturated rings. The van der Waals surface area contributed by atoms with Crippen molar-refractivity contribution >= 4 is 5.78 Å². The van der Waals surface area contributed by atoms with Crippen LogP contribution in [0, 0.1) is 12.3 Å². The summed E-state index contributed by atoms with van der Waals surface area (Å²) in [7, 11) is 0. The van der Waals surface area contributed by atoms with Crippen molar-refractivity contribution in [2.45, 2.75) is 39.8 Å². The summed E-state index contributed by atoms with van der Waals surface area (Å²) in [5, 5.41) is 0. The predicted octanol–water partition coefficient (Wildman–Crippen LogP) is 3.76. The zero-order chi connectivity index (χ0) is 13.0. The van der Waals surface area contributed by atoms with Crippen LogP contribution in [-0.4, -0.2) is 5.78 Å². The molecule has 0 aromatic carbocycles. The van der Waals surface area contributed by atoms with Crippen molar-refractivity contribution in [2.75, 3.05) is 0 Å². The Morgan fingerprint density at radius 3 is 2.35 bits per heavy atom. The van der Waals surface area contributed by atoms with E-state index < -0.39 is 17.5 Å². The van der Waals surface area contributed by atoms with Crippen LogP contribution in [0.25, 0.3) is 0 Å². The molecule has 1 aliphatic rings. The standard InChI is InChI=1S/C12H13F3O2/c1-6-10(12(13,14)15)9-7(16)4-11(2,3)5-8(9)17-6/h4-5H2,1-3H3. The maximum Gasteiger partial charge on any atom is 0.420 e. The second-order valence-corrected chi connectivity index (χ2v) is 5.27. The largest absolute Gasteiger partial charge is 0.465 e. The molecule has 2 rings (SSSR count). The third-order valence-corrected chi connectivity index (χ3v) is 3.00. The van der Waals surface area contributed by atoms with Crippen LogP contribution in [0.5, 0.6) is 0 Å². The number of furan rings is 1. The van der Waals surface area contributed by atoms with Gasteiger partial charge in [-0.3, -0.25) is 4.79 Å². The summed E-state index contributed by atoms with van der Waals surface area (Å²) >= 11 is 0. The molecular weight excluding hydrogens is 233 g/mol. The number of hydrogen-bond acceptors (Lipinski definition) is 2. The molecule has 2 nitrogen and oxygen atoms in total. The topological polar surface area (TPSA) is 30.2 Å². The Morgan fingerprint density at radius 2 is 1.82 bits per heavy atom. The van der Waals surface area contributed by atoms with Gasteiger partial charge in [0.2, 0.25) is 0 Å². The molecule has 1 aliphatic carbocycles. The molecule has 0 bridgehead atoms. The number of alkyl halides is 3. The SMILES string of the molecule is Cc1oc2c(c1C(F)(F)F)C(=O)CC(C)(C)C2. The summed E-state index contributed by atoms with van der Waals surface area (Å²) in [5.41, 5.74) is -1.49. The van der Waals surface area contributed by atoms with Crippen LogP contribution in [0.3, 0.4) is 0 Å². The van der Waals surface area contributed by atoms with Gasteiger partial charge < -0.3 is 4.42 Å². The van der Waals surface area contributed by atoms with Gasteiger partial charge >= 0.3 is 6.18 Å². The Balaban J connectivity index is 2.62. The number of Topliss-reactive ketones (excluding diaryl/α,β-unsaturated/α-hetero) is 1. The zero-order valence-electron chi connectivity index (χ0n) is 9.86. The van der Waals surface area contributed by atoms with Crippen molar-refractivity contribution in [3.05, 3.63) is 22.6 Å². The summed E-state index contributed by atoms with van der Waals surface area (Å²) in [5.74, 6) is -0.509. The van der Waals surface area contributed by atoms with Gasteiger partial charge in [0, 0.05) is 12.8 Å². The van der Waals surface area contributed by atoms with Crippen LogP contribution in [-0.2, 0) is 12.6 Å². The summed E-state index contributed by atoms with van der Waals surface area (Å²) < 4.78 is 43.6. The molecule has 5 heteroatoms. The van der Waals surface area contributed by atoms with Crippen molar-refractivity contribution in [1.82, 2.24) is 0 Å². The van der Waals surface area contributed by atoms with E-state index in [1.54, 1.807) is 0 Å². The highest BCUT2D eigenvalue weighted by Gasteiger charge is 2.45. The lowest BCUT2D eigenvalue weighted by Crippen LogP contribution is -2.27. The van der Waals surface area contributed by atoms with Crippen molar-refractivity contribution < 1.29 is 22.4 Å². The number of carbonyl (C=O) groups is 1. The monoisotopic (exact) mass is 246 g/mol. The Bertz CT molecular complexity index is 481. The third kappa shape index (κ3) is 1.98. The van der Waals surface area contributed by atoms with Crippen molar-refractivity contribution in [3.63, 3.8) is 0 Å². The first-order chi connectivity index (χ1) is 7.62. The second-order valence-electron chi connectivity index (χ2n) is 5.27. The predicted molar refractivity (Wildman–Crippen MR) is 54.9 cm³/mol. The molecule has 0 atom stereocenters. The molecule has 94 valence electrons. The maximum absolute atomic E-state index is 12.8. The number of ketones is 1. The summed E-state index contributed by atoms with van der Waals surface area (Å²) in [6.07, 6.45) is -4.04. The molecule has 17 heavy (non-hydrogen) atoms. The molecular formula is C12H13F3O2. The molecule has 0 spiro atoms. The quantitative estimate of drug-likeness (QED) is 0.697. The highest BCUT2D eigenvalue weighted by Crippen LogP contribution is 2.44. The molecule has 1 heterocycles. The van der Waals surface area contributed by atoms with Crippen LogP contribution in [0.2, 0.25) is 0 Å². The number of fused-ring (bicyclic) bond motifs is 1. The Labute approximate surface area is 96.8 Å². The lowest BCUT2D eigenvalue weighted by atomic mass is 9.75. The lowest BCUT2D eigenvalue weighted by Gasteiger charge is -2.27. The Hall–Kier alpha value is -1.26. The highest BCUT2D eigenvalue weighted by atomic mass is 19.4. The third-order valence-electron chi connectivity index (χ3n) is 3.00. The molecule has 0 saturated carbocycles. The molecule has 0 unspecified atom stereocenters. The summed E-state index contributed by atoms with van der Waals surface area (Å²) in [4.78, 5) is 11.8. The molecule has 0 N–H and O–H groups in total. The van der Waals surface area contributed by atoms with Crippen molar-refractivity contribution in [2.24, 2.45) is 5.41 Å². The minimum atomic E-state index is -4.53. The average molecular weight is 246 g/mol. The molecule has 0 saturated heterocycles. The molecule has 0 radical (unpaired) electrons. The zero-order valence-corrected chi connectivity index (χ0v) is 9.86. The van der Waals surface area contributed by atoms with E-state index in [-0.39, 0.29) is 28.9 Å². The number of rotatable bonds is 0. The van der Waals surface area contributed by atoms with E-state index >= 15 is 0 Å². The number of aryl methyl sites for hydroxylation is 1. The van der Waals surface area contributed by atoms with Gasteiger partial charge in [0.25, 0.3) is 0 Å². The van der Waals surface area contributed by atoms with Crippen molar-refractivity contribution in [1.29, 1.82) is 0 Å². The highest BCUT2D eigenvalue weighted by molar-refractivity contribution is 6.00. The van der Waals surface area contributed by atoms with Gasteiger partial charge in [0.15, 0.2) is 5.78 Å². The fourth-order valence-corrected chi connectivity index (χ4v) is 2.38. The number of hydrogen-bond donors (Lipinski definition) is 0. The maximum atomic E-state index is 12.8. The first-order valence-electron chi connectivity index (χ1n) is 5.34. The van der Waals surface area contributed by atoms with Gasteiger partial charge in [-0.2, -0.15) is 13.2 Å². The van der Waals surface area contributed by atoms with E-state index in [9.17, 15) is 18.0 Å². The van der Waals surface area contributed by atoms with Crippen LogP contribution in [0.15, 0.2) is 4.42 Å². The summed E-state index contributed by atoms with van der Waals surface area (Å²) in [6, 6.07) is 0. The second kappa shape index (κ2) is 3.37. The normalized spacial score (nSPS) is 19.3. The minimum absolute atomic E-state index is 0.127. The first-order valence-corrected chi connectivity index (χ1v) is 5.34. The van der Waals surface area contributed by atoms with E-state index in [1.807, 2.05) is 13.8 Å². The number of halogens is 3. The minimum Gasteiger partial charge on any atom is -0.465 e. The first kappa shape index (κ1) is 12.2. The smallest absolute Gasteiger partial charge is 0.420 e. The van der Waals surface area contributed by atoms with E-state index in [0.29, 0.717) is 6.42 Å². The van der Waals surface area contributed by atoms with Crippen LogP contribution in [0.1, 0.15) is 47.7 Å². The van der Waals surface area contributed by atoms with E-state index in [2.05, 4.69) is 0 Å². The lowest BCUT2D eigenvalue weighted by molar-refractivity contribution is -0.138. The van der Waals surface area contributed by atoms with Gasteiger partial charge in [0.1, 0.15) is 17.1 Å².